The van der Waals surface area contributed by atoms with Gasteiger partial charge in [-0.15, -0.1) is 0 Å². The smallest absolute Gasteiger partial charge is 0.199 e. The predicted octanol–water partition coefficient (Wildman–Crippen LogP) is 2.53. The van der Waals surface area contributed by atoms with Crippen LogP contribution in [-0.4, -0.2) is 47.9 Å². The zero-order valence-corrected chi connectivity index (χ0v) is 21.1. The first-order chi connectivity index (χ1) is 16.3. The summed E-state index contributed by atoms with van der Waals surface area (Å²) in [5.74, 6) is 0.112. The number of nitrogens with one attached hydrogen (secondary N) is 10. The maximum absolute atomic E-state index is 7.86. The van der Waals surface area contributed by atoms with E-state index in [2.05, 4.69) is 31.9 Å². The Morgan fingerprint density at radius 1 is 0.528 bits per heavy atom. The van der Waals surface area contributed by atoms with Crippen LogP contribution in [0, 0.1) is 21.6 Å². The highest BCUT2D eigenvalue weighted by molar-refractivity contribution is 6.31. The molecule has 0 radical (unpaired) electrons. The van der Waals surface area contributed by atoms with Gasteiger partial charge in [-0.1, -0.05) is 36.0 Å². The van der Waals surface area contributed by atoms with Gasteiger partial charge in [-0.3, -0.25) is 32.3 Å². The molecule has 0 fully saturated rings. The zero-order chi connectivity index (χ0) is 24.8. The van der Waals surface area contributed by atoms with E-state index in [1.54, 1.807) is 48.5 Å². The molecule has 2 aromatic rings. The summed E-state index contributed by atoms with van der Waals surface area (Å²) in [4.78, 5) is 0. The molecule has 0 atom stereocenters. The topological polar surface area (TPSA) is 231 Å². The minimum Gasteiger partial charge on any atom is -0.412 e. The maximum Gasteiger partial charge on any atom is 0.199 e. The normalized spacial score (nSPS) is 9.50. The molecule has 0 aromatic heterocycles. The number of unbranched alkanes of at least 4 members (excludes halogenated alkanes) is 3. The third-order valence-corrected chi connectivity index (χ3v) is 4.94. The first-order valence-corrected chi connectivity index (χ1v) is 11.5. The van der Waals surface area contributed by atoms with E-state index in [9.17, 15) is 0 Å². The monoisotopic (exact) mass is 540 g/mol. The predicted molar refractivity (Wildman–Crippen MR) is 149 cm³/mol. The van der Waals surface area contributed by atoms with Crippen molar-refractivity contribution in [1.29, 1.82) is 21.6 Å². The molecule has 198 valence electrons. The van der Waals surface area contributed by atoms with E-state index >= 15 is 0 Å². The maximum atomic E-state index is 7.86. The standard InChI is InChI=1S/C22H30Cl2N10.2H2O/c23-15-5-9-17(10-6-15)31-21(27)33-19(25)29-13-3-1-2-4-14-30-20(26)34-22(28)32-18-11-7-16(24)8-12-18;;/h5-12H,1-4,13-14H2,(H5,25,27,29,31,33)(H5,26,28,30,32,34);2*1H2. The summed E-state index contributed by atoms with van der Waals surface area (Å²) in [5, 5.41) is 49.5. The van der Waals surface area contributed by atoms with Crippen molar-refractivity contribution < 1.29 is 11.0 Å². The fourth-order valence-electron chi connectivity index (χ4n) is 2.79. The van der Waals surface area contributed by atoms with Crippen molar-refractivity contribution in [2.24, 2.45) is 0 Å². The van der Waals surface area contributed by atoms with Gasteiger partial charge in [-0.2, -0.15) is 0 Å². The number of hydrogen-bond donors (Lipinski definition) is 10. The lowest BCUT2D eigenvalue weighted by Crippen LogP contribution is -2.43. The van der Waals surface area contributed by atoms with E-state index in [-0.39, 0.29) is 34.8 Å². The number of anilines is 2. The van der Waals surface area contributed by atoms with Crippen LogP contribution in [0.1, 0.15) is 25.7 Å². The first-order valence-electron chi connectivity index (χ1n) is 10.7. The number of benzene rings is 2. The Hall–Kier alpha value is -3.58. The lowest BCUT2D eigenvalue weighted by molar-refractivity contribution is 0.619. The molecule has 14 N–H and O–H groups in total. The van der Waals surface area contributed by atoms with Crippen molar-refractivity contribution in [2.75, 3.05) is 23.7 Å². The van der Waals surface area contributed by atoms with Crippen LogP contribution in [0.4, 0.5) is 11.4 Å². The second kappa shape index (κ2) is 17.8. The number of halogens is 2. The van der Waals surface area contributed by atoms with Crippen LogP contribution in [-0.2, 0) is 0 Å². The van der Waals surface area contributed by atoms with E-state index < -0.39 is 0 Å². The molecule has 0 unspecified atom stereocenters. The third-order valence-electron chi connectivity index (χ3n) is 4.43. The molecule has 0 aliphatic carbocycles. The SMILES string of the molecule is N=C(NCCCCCCNC(=N)NC(=N)Nc1ccc(Cl)cc1)NC(=N)Nc1ccc(Cl)cc1.O.O. The molecule has 12 nitrogen and oxygen atoms in total. The zero-order valence-electron chi connectivity index (χ0n) is 19.6. The molecular formula is C22H34Cl2N10O2. The fraction of sp³-hybridized carbons (Fsp3) is 0.273. The van der Waals surface area contributed by atoms with Crippen molar-refractivity contribution in [1.82, 2.24) is 21.3 Å². The van der Waals surface area contributed by atoms with Crippen LogP contribution in [0.3, 0.4) is 0 Å². The fourth-order valence-corrected chi connectivity index (χ4v) is 3.04. The molecule has 36 heavy (non-hydrogen) atoms. The quantitative estimate of drug-likeness (QED) is 0.130. The van der Waals surface area contributed by atoms with Crippen LogP contribution in [0.2, 0.25) is 10.0 Å². The summed E-state index contributed by atoms with van der Waals surface area (Å²) >= 11 is 11.7. The van der Waals surface area contributed by atoms with Gasteiger partial charge in [0.2, 0.25) is 0 Å². The van der Waals surface area contributed by atoms with Gasteiger partial charge in [-0.05, 0) is 61.4 Å². The first kappa shape index (κ1) is 32.4. The summed E-state index contributed by atoms with van der Waals surface area (Å²) in [7, 11) is 0. The molecule has 0 saturated carbocycles. The number of hydrogen-bond acceptors (Lipinski definition) is 4. The summed E-state index contributed by atoms with van der Waals surface area (Å²) < 4.78 is 0. The highest BCUT2D eigenvalue weighted by Gasteiger charge is 2.03. The summed E-state index contributed by atoms with van der Waals surface area (Å²) in [5.41, 5.74) is 1.42. The van der Waals surface area contributed by atoms with Crippen LogP contribution < -0.4 is 31.9 Å². The van der Waals surface area contributed by atoms with Gasteiger partial charge in [0.15, 0.2) is 23.8 Å². The molecule has 0 bridgehead atoms. The van der Waals surface area contributed by atoms with Crippen LogP contribution >= 0.6 is 23.2 Å². The van der Waals surface area contributed by atoms with Gasteiger partial charge in [0.1, 0.15) is 0 Å². The molecule has 0 amide bonds. The Labute approximate surface area is 220 Å². The molecule has 0 heterocycles. The Kier molecular flexibility index (Phi) is 16.0. The Morgan fingerprint density at radius 2 is 0.861 bits per heavy atom. The van der Waals surface area contributed by atoms with Crippen molar-refractivity contribution in [2.45, 2.75) is 25.7 Å². The molecule has 14 heteroatoms. The van der Waals surface area contributed by atoms with Crippen molar-refractivity contribution in [3.8, 4) is 0 Å². The minimum absolute atomic E-state index is 0. The van der Waals surface area contributed by atoms with E-state index in [0.29, 0.717) is 34.5 Å². The summed E-state index contributed by atoms with van der Waals surface area (Å²) in [6.07, 6.45) is 3.70. The van der Waals surface area contributed by atoms with Crippen molar-refractivity contribution in [3.63, 3.8) is 0 Å². The minimum atomic E-state index is -0.00148. The second-order valence-electron chi connectivity index (χ2n) is 7.28. The molecule has 0 spiro atoms. The average Bonchev–Trinajstić information content (AvgIpc) is 2.78. The number of rotatable bonds is 9. The lowest BCUT2D eigenvalue weighted by atomic mass is 10.2. The molecule has 0 aliphatic heterocycles. The molecule has 0 saturated heterocycles. The van der Waals surface area contributed by atoms with Gasteiger partial charge < -0.3 is 32.2 Å². The highest BCUT2D eigenvalue weighted by atomic mass is 35.5. The lowest BCUT2D eigenvalue weighted by Gasteiger charge is -2.13. The molecule has 2 rings (SSSR count). The van der Waals surface area contributed by atoms with Gasteiger partial charge in [0.25, 0.3) is 0 Å². The van der Waals surface area contributed by atoms with Crippen molar-refractivity contribution >= 4 is 58.4 Å². The Morgan fingerprint density at radius 3 is 1.19 bits per heavy atom. The van der Waals surface area contributed by atoms with Gasteiger partial charge in [-0.25, -0.2) is 0 Å². The summed E-state index contributed by atoms with van der Waals surface area (Å²) in [6, 6.07) is 13.9. The van der Waals surface area contributed by atoms with Crippen LogP contribution in [0.25, 0.3) is 0 Å². The highest BCUT2D eigenvalue weighted by Crippen LogP contribution is 2.13. The van der Waals surface area contributed by atoms with Gasteiger partial charge in [0, 0.05) is 34.5 Å². The largest absolute Gasteiger partial charge is 0.412 e. The van der Waals surface area contributed by atoms with Crippen molar-refractivity contribution in [3.05, 3.63) is 58.6 Å². The van der Waals surface area contributed by atoms with E-state index in [0.717, 1.165) is 25.7 Å². The Bertz CT molecular complexity index is 892. The average molecular weight is 541 g/mol. The summed E-state index contributed by atoms with van der Waals surface area (Å²) in [6.45, 7) is 1.25. The van der Waals surface area contributed by atoms with Crippen LogP contribution in [0.5, 0.6) is 0 Å². The Balaban J connectivity index is 0.00000612. The van der Waals surface area contributed by atoms with E-state index in [1.165, 1.54) is 0 Å². The van der Waals surface area contributed by atoms with Crippen LogP contribution in [0.15, 0.2) is 48.5 Å². The van der Waals surface area contributed by atoms with E-state index in [4.69, 9.17) is 44.8 Å². The second-order valence-corrected chi connectivity index (χ2v) is 8.15. The molecule has 2 aromatic carbocycles. The van der Waals surface area contributed by atoms with E-state index in [1.807, 2.05) is 0 Å². The molecular weight excluding hydrogens is 507 g/mol. The van der Waals surface area contributed by atoms with Gasteiger partial charge in [0.05, 0.1) is 0 Å². The molecule has 0 aliphatic rings. The number of guanidine groups is 4. The third kappa shape index (κ3) is 14.0. The van der Waals surface area contributed by atoms with Gasteiger partial charge >= 0.3 is 0 Å².